The molecular weight excluding hydrogens is 461 g/mol. The lowest BCUT2D eigenvalue weighted by Gasteiger charge is -2.41. The van der Waals surface area contributed by atoms with Gasteiger partial charge in [0.2, 0.25) is 15.9 Å². The second-order valence-electron chi connectivity index (χ2n) is 8.81. The quantitative estimate of drug-likeness (QED) is 0.629. The van der Waals surface area contributed by atoms with Gasteiger partial charge in [0.15, 0.2) is 0 Å². The van der Waals surface area contributed by atoms with E-state index < -0.39 is 28.5 Å². The van der Waals surface area contributed by atoms with Crippen LogP contribution in [0.2, 0.25) is 0 Å². The summed E-state index contributed by atoms with van der Waals surface area (Å²) in [5.41, 5.74) is 0.542. The van der Waals surface area contributed by atoms with Crippen LogP contribution in [0.1, 0.15) is 56.9 Å². The monoisotopic (exact) mass is 492 g/mol. The number of amides is 1. The summed E-state index contributed by atoms with van der Waals surface area (Å²) in [6.07, 6.45) is 0.177. The number of para-hydroxylation sites is 1. The number of sulfonamides is 1. The molecule has 0 spiro atoms. The molecule has 11 heteroatoms. The van der Waals surface area contributed by atoms with E-state index in [1.54, 1.807) is 17.0 Å². The Balaban J connectivity index is 1.60. The summed E-state index contributed by atoms with van der Waals surface area (Å²) in [5.74, 6) is -0.358. The Labute approximate surface area is 192 Å². The van der Waals surface area contributed by atoms with Gasteiger partial charge in [-0.1, -0.05) is 18.2 Å². The molecule has 0 unspecified atom stereocenters. The molecule has 2 aliphatic rings. The fourth-order valence-electron chi connectivity index (χ4n) is 4.88. The minimum Gasteiger partial charge on any atom is -0.405 e. The number of carbonyl (C=O) groups excluding carboxylic acids is 1. The number of hydrogen-bond acceptors (Lipinski definition) is 5. The van der Waals surface area contributed by atoms with Crippen molar-refractivity contribution in [2.45, 2.75) is 75.9 Å². The zero-order chi connectivity index (χ0) is 24.2. The average molecular weight is 493 g/mol. The van der Waals surface area contributed by atoms with Crippen molar-refractivity contribution in [1.29, 1.82) is 0 Å². The first-order valence-corrected chi connectivity index (χ1v) is 13.0. The van der Waals surface area contributed by atoms with Gasteiger partial charge in [-0.25, -0.2) is 13.1 Å². The SMILES string of the molecule is CC(=O)N1CCC[C@H](NS(C)(=O)=O)[C@@H]1CO[C@H]1CC[C@@H](c2ccccc2OC(F)(F)F)CC1. The second-order valence-corrected chi connectivity index (χ2v) is 10.6. The summed E-state index contributed by atoms with van der Waals surface area (Å²) in [6.45, 7) is 2.21. The highest BCUT2D eigenvalue weighted by atomic mass is 32.2. The van der Waals surface area contributed by atoms with Crippen LogP contribution < -0.4 is 9.46 Å². The molecule has 1 aliphatic heterocycles. The minimum absolute atomic E-state index is 0.0635. The van der Waals surface area contributed by atoms with E-state index in [1.807, 2.05) is 0 Å². The molecule has 186 valence electrons. The van der Waals surface area contributed by atoms with Crippen LogP contribution in [-0.4, -0.2) is 63.2 Å². The van der Waals surface area contributed by atoms with Crippen molar-refractivity contribution in [3.8, 4) is 5.75 Å². The molecule has 1 saturated heterocycles. The Morgan fingerprint density at radius 1 is 1.15 bits per heavy atom. The van der Waals surface area contributed by atoms with E-state index in [2.05, 4.69) is 9.46 Å². The van der Waals surface area contributed by atoms with Crippen LogP contribution >= 0.6 is 0 Å². The smallest absolute Gasteiger partial charge is 0.405 e. The third kappa shape index (κ3) is 7.58. The van der Waals surface area contributed by atoms with E-state index in [0.717, 1.165) is 6.26 Å². The van der Waals surface area contributed by atoms with Gasteiger partial charge in [-0.2, -0.15) is 0 Å². The van der Waals surface area contributed by atoms with Crippen LogP contribution in [0.25, 0.3) is 0 Å². The van der Waals surface area contributed by atoms with Gasteiger partial charge in [-0.15, -0.1) is 13.2 Å². The number of halogens is 3. The summed E-state index contributed by atoms with van der Waals surface area (Å²) >= 11 is 0. The highest BCUT2D eigenvalue weighted by molar-refractivity contribution is 7.88. The maximum absolute atomic E-state index is 12.7. The van der Waals surface area contributed by atoms with Gasteiger partial charge >= 0.3 is 6.36 Å². The molecule has 0 aromatic heterocycles. The molecule has 1 saturated carbocycles. The number of benzene rings is 1. The number of likely N-dealkylation sites (tertiary alicyclic amines) is 1. The number of rotatable bonds is 7. The Bertz CT molecular complexity index is 917. The van der Waals surface area contributed by atoms with Crippen molar-refractivity contribution in [1.82, 2.24) is 9.62 Å². The molecule has 1 aromatic rings. The largest absolute Gasteiger partial charge is 0.573 e. The topological polar surface area (TPSA) is 84.9 Å². The van der Waals surface area contributed by atoms with Crippen molar-refractivity contribution in [3.63, 3.8) is 0 Å². The first-order chi connectivity index (χ1) is 15.4. The lowest BCUT2D eigenvalue weighted by molar-refractivity contribution is -0.275. The Morgan fingerprint density at radius 3 is 2.42 bits per heavy atom. The third-order valence-corrected chi connectivity index (χ3v) is 7.04. The van der Waals surface area contributed by atoms with Gasteiger partial charge in [-0.3, -0.25) is 4.79 Å². The fourth-order valence-corrected chi connectivity index (χ4v) is 5.70. The van der Waals surface area contributed by atoms with E-state index in [4.69, 9.17) is 4.74 Å². The summed E-state index contributed by atoms with van der Waals surface area (Å²) in [7, 11) is -3.44. The van der Waals surface area contributed by atoms with E-state index in [9.17, 15) is 26.4 Å². The molecular formula is C22H31F3N2O5S. The number of alkyl halides is 3. The molecule has 3 rings (SSSR count). The van der Waals surface area contributed by atoms with Gasteiger partial charge in [0.1, 0.15) is 5.75 Å². The maximum Gasteiger partial charge on any atom is 0.573 e. The third-order valence-electron chi connectivity index (χ3n) is 6.31. The molecule has 2 fully saturated rings. The molecule has 2 atom stereocenters. The maximum atomic E-state index is 12.7. The van der Waals surface area contributed by atoms with Crippen LogP contribution in [0.5, 0.6) is 5.75 Å². The van der Waals surface area contributed by atoms with Crippen molar-refractivity contribution in [2.75, 3.05) is 19.4 Å². The Morgan fingerprint density at radius 2 is 1.82 bits per heavy atom. The van der Waals surface area contributed by atoms with Gasteiger partial charge in [-0.05, 0) is 56.1 Å². The van der Waals surface area contributed by atoms with Gasteiger partial charge in [0, 0.05) is 19.5 Å². The zero-order valence-electron chi connectivity index (χ0n) is 18.8. The van der Waals surface area contributed by atoms with E-state index in [0.29, 0.717) is 50.6 Å². The van der Waals surface area contributed by atoms with Gasteiger partial charge in [0.05, 0.1) is 25.0 Å². The van der Waals surface area contributed by atoms with Gasteiger partial charge < -0.3 is 14.4 Å². The van der Waals surface area contributed by atoms with Crippen LogP contribution in [-0.2, 0) is 19.6 Å². The number of nitrogens with one attached hydrogen (secondary N) is 1. The average Bonchev–Trinajstić information content (AvgIpc) is 2.71. The molecule has 33 heavy (non-hydrogen) atoms. The molecule has 1 aromatic carbocycles. The van der Waals surface area contributed by atoms with Crippen LogP contribution in [0.3, 0.4) is 0 Å². The molecule has 1 aliphatic carbocycles. The lowest BCUT2D eigenvalue weighted by atomic mass is 9.82. The fraction of sp³-hybridized carbons (Fsp3) is 0.682. The lowest BCUT2D eigenvalue weighted by Crippen LogP contribution is -2.58. The number of piperidine rings is 1. The highest BCUT2D eigenvalue weighted by Crippen LogP contribution is 2.40. The highest BCUT2D eigenvalue weighted by Gasteiger charge is 2.36. The molecule has 1 amide bonds. The van der Waals surface area contributed by atoms with Gasteiger partial charge in [0.25, 0.3) is 0 Å². The van der Waals surface area contributed by atoms with E-state index >= 15 is 0 Å². The Kier molecular flexibility index (Phi) is 8.28. The van der Waals surface area contributed by atoms with Crippen LogP contribution in [0.4, 0.5) is 13.2 Å². The van der Waals surface area contributed by atoms with Crippen molar-refractivity contribution in [3.05, 3.63) is 29.8 Å². The zero-order valence-corrected chi connectivity index (χ0v) is 19.6. The molecule has 1 N–H and O–H groups in total. The second kappa shape index (κ2) is 10.6. The Hall–Kier alpha value is -1.85. The number of hydrogen-bond donors (Lipinski definition) is 1. The molecule has 0 radical (unpaired) electrons. The van der Waals surface area contributed by atoms with Crippen molar-refractivity contribution < 1.29 is 35.9 Å². The van der Waals surface area contributed by atoms with Crippen molar-refractivity contribution in [2.24, 2.45) is 0 Å². The van der Waals surface area contributed by atoms with Crippen LogP contribution in [0.15, 0.2) is 24.3 Å². The normalized spacial score (nSPS) is 26.8. The molecule has 1 heterocycles. The summed E-state index contributed by atoms with van der Waals surface area (Å²) in [6, 6.07) is 5.41. The predicted octanol–water partition coefficient (Wildman–Crippen LogP) is 3.56. The first-order valence-electron chi connectivity index (χ1n) is 11.1. The van der Waals surface area contributed by atoms with E-state index in [1.165, 1.54) is 19.1 Å². The summed E-state index contributed by atoms with van der Waals surface area (Å²) in [4.78, 5) is 13.8. The van der Waals surface area contributed by atoms with Crippen LogP contribution in [0, 0.1) is 0 Å². The standard InChI is InChI=1S/C22H31F3N2O5S/c1-15(28)27-13-5-7-19(26-33(2,29)30)20(27)14-31-17-11-9-16(10-12-17)18-6-3-4-8-21(18)32-22(23,24)25/h3-4,6,8,16-17,19-20,26H,5,7,9-14H2,1-2H3/t16-,17+,19-,20-/m0/s1. The number of carbonyl (C=O) groups is 1. The van der Waals surface area contributed by atoms with Crippen molar-refractivity contribution >= 4 is 15.9 Å². The minimum atomic E-state index is -4.74. The number of nitrogens with zero attached hydrogens (tertiary/aromatic N) is 1. The predicted molar refractivity (Wildman–Crippen MR) is 116 cm³/mol. The first kappa shape index (κ1) is 25.8. The summed E-state index contributed by atoms with van der Waals surface area (Å²) < 4.78 is 74.7. The summed E-state index contributed by atoms with van der Waals surface area (Å²) in [5, 5.41) is 0. The van der Waals surface area contributed by atoms with E-state index in [-0.39, 0.29) is 30.3 Å². The molecule has 0 bridgehead atoms. The number of ether oxygens (including phenoxy) is 2. The molecule has 7 nitrogen and oxygen atoms in total.